The van der Waals surface area contributed by atoms with E-state index in [-0.39, 0.29) is 9.90 Å². The number of hydrogen-bond donors (Lipinski definition) is 0. The second-order valence-electron chi connectivity index (χ2n) is 4.52. The minimum atomic E-state index is -3.47. The third kappa shape index (κ3) is 3.57. The van der Waals surface area contributed by atoms with Crippen LogP contribution in [0.5, 0.6) is 0 Å². The van der Waals surface area contributed by atoms with Crippen molar-refractivity contribution in [1.82, 2.24) is 4.98 Å². The topological polar surface area (TPSA) is 93.4 Å². The number of thiophene rings is 1. The van der Waals surface area contributed by atoms with Gasteiger partial charge in [-0.2, -0.15) is 0 Å². The van der Waals surface area contributed by atoms with Crippen LogP contribution >= 0.6 is 22.7 Å². The van der Waals surface area contributed by atoms with Crippen LogP contribution in [-0.4, -0.2) is 31.6 Å². The van der Waals surface area contributed by atoms with Crippen LogP contribution in [-0.2, 0) is 16.4 Å². The largest absolute Gasteiger partial charge is 0.354 e. The fraction of sp³-hybridized carbons (Fsp3) is 0.364. The smallest absolute Gasteiger partial charge is 0.305 e. The third-order valence-corrected chi connectivity index (χ3v) is 6.61. The van der Waals surface area contributed by atoms with Gasteiger partial charge in [0.15, 0.2) is 14.8 Å². The predicted molar refractivity (Wildman–Crippen MR) is 83.0 cm³/mol. The highest BCUT2D eigenvalue weighted by Gasteiger charge is 2.26. The van der Waals surface area contributed by atoms with E-state index in [4.69, 9.17) is 0 Å². The van der Waals surface area contributed by atoms with Crippen LogP contribution in [0.25, 0.3) is 0 Å². The SMILES string of the molecule is Cc1csc(CN(C)c2sc(S(C)(=O)=O)cc2[N+](=O)[O-])n1. The van der Waals surface area contributed by atoms with Crippen LogP contribution in [0.2, 0.25) is 0 Å². The molecule has 0 radical (unpaired) electrons. The second-order valence-corrected chi connectivity index (χ2v) is 8.74. The fourth-order valence-corrected chi connectivity index (χ4v) is 4.50. The lowest BCUT2D eigenvalue weighted by molar-refractivity contribution is -0.383. The number of nitrogens with zero attached hydrogens (tertiary/aromatic N) is 3. The van der Waals surface area contributed by atoms with Crippen molar-refractivity contribution >= 4 is 43.2 Å². The average molecular weight is 347 g/mol. The van der Waals surface area contributed by atoms with Gasteiger partial charge in [-0.3, -0.25) is 10.1 Å². The molecule has 0 aliphatic rings. The lowest BCUT2D eigenvalue weighted by Crippen LogP contribution is -2.16. The van der Waals surface area contributed by atoms with E-state index < -0.39 is 14.8 Å². The maximum absolute atomic E-state index is 11.6. The molecule has 0 saturated heterocycles. The van der Waals surface area contributed by atoms with E-state index in [1.54, 1.807) is 11.9 Å². The molecule has 2 aromatic heterocycles. The van der Waals surface area contributed by atoms with E-state index in [0.29, 0.717) is 11.5 Å². The second kappa shape index (κ2) is 5.70. The van der Waals surface area contributed by atoms with Gasteiger partial charge in [0.2, 0.25) is 0 Å². The average Bonchev–Trinajstić information content (AvgIpc) is 2.94. The monoisotopic (exact) mass is 347 g/mol. The zero-order valence-corrected chi connectivity index (χ0v) is 14.0. The van der Waals surface area contributed by atoms with Crippen LogP contribution in [0.3, 0.4) is 0 Å². The van der Waals surface area contributed by atoms with Gasteiger partial charge in [0.1, 0.15) is 9.22 Å². The molecule has 2 heterocycles. The van der Waals surface area contributed by atoms with E-state index in [2.05, 4.69) is 4.98 Å². The van der Waals surface area contributed by atoms with E-state index in [1.807, 2.05) is 12.3 Å². The summed E-state index contributed by atoms with van der Waals surface area (Å²) in [4.78, 5) is 16.5. The van der Waals surface area contributed by atoms with Gasteiger partial charge in [0, 0.05) is 30.4 Å². The summed E-state index contributed by atoms with van der Waals surface area (Å²) in [6, 6.07) is 1.11. The van der Waals surface area contributed by atoms with Gasteiger partial charge in [-0.05, 0) is 6.92 Å². The Hall–Kier alpha value is -1.52. The van der Waals surface area contributed by atoms with E-state index in [1.165, 1.54) is 11.3 Å². The summed E-state index contributed by atoms with van der Waals surface area (Å²) in [6.45, 7) is 2.26. The van der Waals surface area contributed by atoms with Crippen molar-refractivity contribution in [3.05, 3.63) is 32.3 Å². The van der Waals surface area contributed by atoms with Crippen LogP contribution in [0.15, 0.2) is 15.7 Å². The number of aryl methyl sites for hydroxylation is 1. The minimum Gasteiger partial charge on any atom is -0.354 e. The highest BCUT2D eigenvalue weighted by atomic mass is 32.2. The molecule has 114 valence electrons. The Balaban J connectivity index is 2.37. The molecular formula is C11H13N3O4S3. The van der Waals surface area contributed by atoms with Crippen molar-refractivity contribution in [1.29, 1.82) is 0 Å². The summed E-state index contributed by atoms with van der Waals surface area (Å²) in [5.74, 6) is 0. The molecule has 21 heavy (non-hydrogen) atoms. The number of aromatic nitrogens is 1. The zero-order valence-electron chi connectivity index (χ0n) is 11.6. The number of hydrogen-bond acceptors (Lipinski definition) is 8. The molecular weight excluding hydrogens is 334 g/mol. The molecule has 0 spiro atoms. The first-order valence-electron chi connectivity index (χ1n) is 5.79. The molecule has 0 unspecified atom stereocenters. The first-order valence-corrected chi connectivity index (χ1v) is 9.37. The molecule has 0 saturated carbocycles. The van der Waals surface area contributed by atoms with Gasteiger partial charge >= 0.3 is 5.69 Å². The van der Waals surface area contributed by atoms with Crippen LogP contribution in [0.4, 0.5) is 10.7 Å². The predicted octanol–water partition coefficient (Wildman–Crippen LogP) is 2.46. The summed E-state index contributed by atoms with van der Waals surface area (Å²) in [5, 5.41) is 14.1. The van der Waals surface area contributed by atoms with Gasteiger partial charge < -0.3 is 4.90 Å². The van der Waals surface area contributed by atoms with Gasteiger partial charge in [-0.15, -0.1) is 11.3 Å². The van der Waals surface area contributed by atoms with Gasteiger partial charge in [0.05, 0.1) is 11.5 Å². The standard InChI is InChI=1S/C11H13N3O4S3/c1-7-6-19-9(12-7)5-13(2)11-8(14(15)16)4-10(20-11)21(3,17)18/h4,6H,5H2,1-3H3. The Morgan fingerprint density at radius 2 is 2.14 bits per heavy atom. The Labute approximate surface area is 129 Å². The molecule has 0 aliphatic carbocycles. The Bertz CT molecular complexity index is 778. The lowest BCUT2D eigenvalue weighted by Gasteiger charge is -2.14. The molecule has 2 aromatic rings. The first kappa shape index (κ1) is 15.9. The van der Waals surface area contributed by atoms with Gasteiger partial charge in [-0.1, -0.05) is 11.3 Å². The Kier molecular flexibility index (Phi) is 4.30. The van der Waals surface area contributed by atoms with Crippen molar-refractivity contribution in [3.8, 4) is 0 Å². The normalized spacial score (nSPS) is 11.6. The molecule has 10 heteroatoms. The maximum atomic E-state index is 11.6. The van der Waals surface area contributed by atoms with Crippen molar-refractivity contribution in [3.63, 3.8) is 0 Å². The molecule has 0 atom stereocenters. The quantitative estimate of drug-likeness (QED) is 0.609. The molecule has 2 rings (SSSR count). The zero-order chi connectivity index (χ0) is 15.8. The van der Waals surface area contributed by atoms with E-state index in [0.717, 1.165) is 34.4 Å². The van der Waals surface area contributed by atoms with Crippen LogP contribution in [0.1, 0.15) is 10.7 Å². The molecule has 0 N–H and O–H groups in total. The summed E-state index contributed by atoms with van der Waals surface area (Å²) in [6.07, 6.45) is 1.04. The molecule has 0 bridgehead atoms. The number of rotatable bonds is 5. The summed E-state index contributed by atoms with van der Waals surface area (Å²) >= 11 is 2.36. The highest BCUT2D eigenvalue weighted by molar-refractivity contribution is 7.92. The van der Waals surface area contributed by atoms with E-state index >= 15 is 0 Å². The van der Waals surface area contributed by atoms with Crippen molar-refractivity contribution in [2.24, 2.45) is 0 Å². The Morgan fingerprint density at radius 3 is 2.62 bits per heavy atom. The number of nitro groups is 1. The lowest BCUT2D eigenvalue weighted by atomic mass is 10.4. The highest BCUT2D eigenvalue weighted by Crippen LogP contribution is 2.39. The van der Waals surface area contributed by atoms with Crippen LogP contribution in [0, 0.1) is 17.0 Å². The fourth-order valence-electron chi connectivity index (χ4n) is 1.69. The number of sulfone groups is 1. The number of thiazole rings is 1. The maximum Gasteiger partial charge on any atom is 0.305 e. The Morgan fingerprint density at radius 1 is 1.48 bits per heavy atom. The third-order valence-electron chi connectivity index (χ3n) is 2.62. The molecule has 0 aromatic carbocycles. The van der Waals surface area contributed by atoms with Crippen LogP contribution < -0.4 is 4.90 Å². The van der Waals surface area contributed by atoms with Crippen molar-refractivity contribution in [2.45, 2.75) is 17.7 Å². The van der Waals surface area contributed by atoms with Gasteiger partial charge in [0.25, 0.3) is 0 Å². The summed E-state index contributed by atoms with van der Waals surface area (Å²) in [5.41, 5.74) is 0.692. The minimum absolute atomic E-state index is 0.00799. The summed E-state index contributed by atoms with van der Waals surface area (Å²) < 4.78 is 23.1. The molecule has 7 nitrogen and oxygen atoms in total. The number of anilines is 1. The molecule has 0 amide bonds. The summed E-state index contributed by atoms with van der Waals surface area (Å²) in [7, 11) is -1.78. The van der Waals surface area contributed by atoms with Crippen molar-refractivity contribution in [2.75, 3.05) is 18.2 Å². The first-order chi connectivity index (χ1) is 9.68. The van der Waals surface area contributed by atoms with E-state index in [9.17, 15) is 18.5 Å². The molecule has 0 aliphatic heterocycles. The van der Waals surface area contributed by atoms with Gasteiger partial charge in [-0.25, -0.2) is 13.4 Å². The molecule has 0 fully saturated rings. The van der Waals surface area contributed by atoms with Crippen molar-refractivity contribution < 1.29 is 13.3 Å².